The van der Waals surface area contributed by atoms with Gasteiger partial charge in [-0.25, -0.2) is 4.79 Å². The fraction of sp³-hybridized carbons (Fsp3) is 0.471. The number of aliphatic carboxylic acids is 1. The lowest BCUT2D eigenvalue weighted by Crippen LogP contribution is -2.42. The largest absolute Gasteiger partial charge is 0.478 e. The molecule has 1 aromatic rings. The molecule has 0 aromatic heterocycles. The van der Waals surface area contributed by atoms with E-state index in [0.717, 1.165) is 6.42 Å². The molecule has 0 radical (unpaired) electrons. The third-order valence-electron chi connectivity index (χ3n) is 3.94. The highest BCUT2D eigenvalue weighted by molar-refractivity contribution is 6.90. The highest BCUT2D eigenvalue weighted by Gasteiger charge is 2.28. The molecular formula is C17H26O2Si. The lowest BCUT2D eigenvalue weighted by atomic mass is 9.88. The first-order valence-electron chi connectivity index (χ1n) is 7.18. The zero-order chi connectivity index (χ0) is 15.4. The summed E-state index contributed by atoms with van der Waals surface area (Å²) in [6.07, 6.45) is 2.89. The van der Waals surface area contributed by atoms with Gasteiger partial charge in [0.05, 0.1) is 8.07 Å². The molecule has 1 aromatic carbocycles. The van der Waals surface area contributed by atoms with Crippen LogP contribution in [0.1, 0.15) is 27.2 Å². The molecule has 0 bridgehead atoms. The Morgan fingerprint density at radius 3 is 2.25 bits per heavy atom. The molecule has 110 valence electrons. The molecule has 0 aliphatic rings. The first kappa shape index (κ1) is 16.7. The van der Waals surface area contributed by atoms with Crippen LogP contribution in [0.3, 0.4) is 0 Å². The van der Waals surface area contributed by atoms with Crippen molar-refractivity contribution in [2.45, 2.75) is 46.3 Å². The third-order valence-corrected chi connectivity index (χ3v) is 7.10. The third kappa shape index (κ3) is 4.64. The highest BCUT2D eigenvalue weighted by atomic mass is 28.3. The lowest BCUT2D eigenvalue weighted by Gasteiger charge is -2.25. The zero-order valence-corrected chi connectivity index (χ0v) is 14.2. The fourth-order valence-corrected chi connectivity index (χ4v) is 4.73. The first-order chi connectivity index (χ1) is 9.18. The molecule has 0 unspecified atom stereocenters. The van der Waals surface area contributed by atoms with Crippen molar-refractivity contribution in [2.24, 2.45) is 5.41 Å². The number of allylic oxidation sites excluding steroid dienone is 1. The number of benzene rings is 1. The molecule has 0 aliphatic carbocycles. The molecule has 1 rings (SSSR count). The first-order valence-corrected chi connectivity index (χ1v) is 10.4. The lowest BCUT2D eigenvalue weighted by molar-refractivity contribution is -0.132. The van der Waals surface area contributed by atoms with Crippen LogP contribution in [0.25, 0.3) is 0 Å². The van der Waals surface area contributed by atoms with Gasteiger partial charge in [0, 0.05) is 5.57 Å². The van der Waals surface area contributed by atoms with E-state index in [4.69, 9.17) is 0 Å². The molecule has 0 fully saturated rings. The van der Waals surface area contributed by atoms with Crippen LogP contribution in [0.5, 0.6) is 0 Å². The van der Waals surface area contributed by atoms with E-state index in [1.54, 1.807) is 0 Å². The van der Waals surface area contributed by atoms with Crippen LogP contribution >= 0.6 is 0 Å². The fourth-order valence-electron chi connectivity index (χ4n) is 2.23. The molecule has 0 spiro atoms. The van der Waals surface area contributed by atoms with Crippen LogP contribution in [0.4, 0.5) is 0 Å². The SMILES string of the molecule is CCC(C)(C)/C=C(\C[Si](C)(C)c1ccccc1)C(=O)O. The van der Waals surface area contributed by atoms with Gasteiger partial charge in [0.25, 0.3) is 0 Å². The van der Waals surface area contributed by atoms with Crippen LogP contribution in [0.2, 0.25) is 19.1 Å². The normalized spacial score (nSPS) is 13.3. The average molecular weight is 290 g/mol. The molecule has 0 aliphatic heterocycles. The molecule has 0 atom stereocenters. The van der Waals surface area contributed by atoms with Gasteiger partial charge in [-0.2, -0.15) is 0 Å². The van der Waals surface area contributed by atoms with Crippen molar-refractivity contribution in [3.63, 3.8) is 0 Å². The average Bonchev–Trinajstić information content (AvgIpc) is 2.38. The summed E-state index contributed by atoms with van der Waals surface area (Å²) in [4.78, 5) is 11.6. The quantitative estimate of drug-likeness (QED) is 0.634. The summed E-state index contributed by atoms with van der Waals surface area (Å²) in [7, 11) is -1.77. The summed E-state index contributed by atoms with van der Waals surface area (Å²) in [5, 5.41) is 10.8. The Labute approximate surface area is 123 Å². The Hall–Kier alpha value is -1.35. The van der Waals surface area contributed by atoms with Crippen LogP contribution in [0.15, 0.2) is 42.0 Å². The molecular weight excluding hydrogens is 264 g/mol. The molecule has 1 N–H and O–H groups in total. The van der Waals surface area contributed by atoms with E-state index in [1.807, 2.05) is 24.3 Å². The Morgan fingerprint density at radius 1 is 1.25 bits per heavy atom. The van der Waals surface area contributed by atoms with Crippen molar-refractivity contribution in [3.05, 3.63) is 42.0 Å². The maximum Gasteiger partial charge on any atom is 0.330 e. The minimum Gasteiger partial charge on any atom is -0.478 e. The van der Waals surface area contributed by atoms with Gasteiger partial charge < -0.3 is 5.11 Å². The second-order valence-corrected chi connectivity index (χ2v) is 11.4. The van der Waals surface area contributed by atoms with Gasteiger partial charge in [-0.05, 0) is 17.9 Å². The van der Waals surface area contributed by atoms with Gasteiger partial charge in [0.15, 0.2) is 0 Å². The number of rotatable bonds is 6. The van der Waals surface area contributed by atoms with Crippen LogP contribution in [-0.2, 0) is 4.79 Å². The Bertz CT molecular complexity index is 487. The highest BCUT2D eigenvalue weighted by Crippen LogP contribution is 2.27. The molecule has 2 nitrogen and oxygen atoms in total. The predicted molar refractivity (Wildman–Crippen MR) is 88.2 cm³/mol. The van der Waals surface area contributed by atoms with Gasteiger partial charge >= 0.3 is 5.97 Å². The van der Waals surface area contributed by atoms with E-state index in [2.05, 4.69) is 46.0 Å². The summed E-state index contributed by atoms with van der Waals surface area (Å²) in [5.41, 5.74) is 0.506. The van der Waals surface area contributed by atoms with Crippen LogP contribution < -0.4 is 5.19 Å². The summed E-state index contributed by atoms with van der Waals surface area (Å²) < 4.78 is 0. The van der Waals surface area contributed by atoms with Crippen molar-refractivity contribution < 1.29 is 9.90 Å². The smallest absolute Gasteiger partial charge is 0.330 e. The summed E-state index contributed by atoms with van der Waals surface area (Å²) in [6.45, 7) is 10.7. The van der Waals surface area contributed by atoms with Crippen molar-refractivity contribution in [1.82, 2.24) is 0 Å². The summed E-state index contributed by atoms with van der Waals surface area (Å²) in [5.74, 6) is -0.775. The number of carboxylic acids is 1. The van der Waals surface area contributed by atoms with E-state index in [0.29, 0.717) is 11.6 Å². The molecule has 0 saturated carbocycles. The van der Waals surface area contributed by atoms with Gasteiger partial charge in [-0.15, -0.1) is 0 Å². The van der Waals surface area contributed by atoms with Crippen molar-refractivity contribution in [2.75, 3.05) is 0 Å². The Balaban J connectivity index is 3.06. The number of carbonyl (C=O) groups is 1. The molecule has 0 saturated heterocycles. The maximum absolute atomic E-state index is 11.6. The monoisotopic (exact) mass is 290 g/mol. The van der Waals surface area contributed by atoms with E-state index >= 15 is 0 Å². The molecule has 0 heterocycles. The van der Waals surface area contributed by atoms with E-state index in [-0.39, 0.29) is 5.41 Å². The van der Waals surface area contributed by atoms with Gasteiger partial charge in [0.2, 0.25) is 0 Å². The maximum atomic E-state index is 11.6. The van der Waals surface area contributed by atoms with Crippen LogP contribution in [0, 0.1) is 5.41 Å². The van der Waals surface area contributed by atoms with Gasteiger partial charge in [-0.3, -0.25) is 0 Å². The predicted octanol–water partition coefficient (Wildman–Crippen LogP) is 4.05. The Kier molecular flexibility index (Phi) is 5.34. The topological polar surface area (TPSA) is 37.3 Å². The van der Waals surface area contributed by atoms with E-state index < -0.39 is 14.0 Å². The van der Waals surface area contributed by atoms with Crippen molar-refractivity contribution in [1.29, 1.82) is 0 Å². The summed E-state index contributed by atoms with van der Waals surface area (Å²) in [6, 6.07) is 11.0. The zero-order valence-electron chi connectivity index (χ0n) is 13.2. The van der Waals surface area contributed by atoms with Crippen molar-refractivity contribution >= 4 is 19.2 Å². The number of carboxylic acid groups (broad SMARTS) is 1. The Morgan fingerprint density at radius 2 is 1.80 bits per heavy atom. The van der Waals surface area contributed by atoms with E-state index in [1.165, 1.54) is 5.19 Å². The number of hydrogen-bond acceptors (Lipinski definition) is 1. The van der Waals surface area contributed by atoms with Crippen LogP contribution in [-0.4, -0.2) is 19.1 Å². The minimum absolute atomic E-state index is 0.0606. The summed E-state index contributed by atoms with van der Waals surface area (Å²) >= 11 is 0. The molecule has 20 heavy (non-hydrogen) atoms. The van der Waals surface area contributed by atoms with Crippen molar-refractivity contribution in [3.8, 4) is 0 Å². The minimum atomic E-state index is -1.77. The number of hydrogen-bond donors (Lipinski definition) is 1. The van der Waals surface area contributed by atoms with Gasteiger partial charge in [-0.1, -0.05) is 75.5 Å². The second kappa shape index (κ2) is 6.40. The second-order valence-electron chi connectivity index (χ2n) is 6.74. The van der Waals surface area contributed by atoms with Gasteiger partial charge in [0.1, 0.15) is 0 Å². The standard InChI is InChI=1S/C17H26O2Si/c1-6-17(2,3)12-14(16(18)19)13-20(4,5)15-10-8-7-9-11-15/h7-12H,6,13H2,1-5H3,(H,18,19)/b14-12+. The molecule has 3 heteroatoms. The van der Waals surface area contributed by atoms with E-state index in [9.17, 15) is 9.90 Å². The molecule has 0 amide bonds.